The van der Waals surface area contributed by atoms with Crippen molar-refractivity contribution in [2.24, 2.45) is 0 Å². The van der Waals surface area contributed by atoms with Crippen molar-refractivity contribution in [3.8, 4) is 22.8 Å². The molecule has 1 aromatic heterocycles. The average molecular weight is 464 g/mol. The van der Waals surface area contributed by atoms with Crippen molar-refractivity contribution in [3.63, 3.8) is 0 Å². The van der Waals surface area contributed by atoms with E-state index in [4.69, 9.17) is 18.6 Å². The molecule has 172 valence electrons. The zero-order valence-electron chi connectivity index (χ0n) is 17.7. The second-order valence-corrected chi connectivity index (χ2v) is 7.03. The molecule has 0 bridgehead atoms. The number of carbonyl (C=O) groups is 1. The lowest BCUT2D eigenvalue weighted by Crippen LogP contribution is -2.38. The Morgan fingerprint density at radius 3 is 2.50 bits per heavy atom. The summed E-state index contributed by atoms with van der Waals surface area (Å²) in [5.41, 5.74) is 0.803. The number of rotatable bonds is 6. The summed E-state index contributed by atoms with van der Waals surface area (Å²) in [5, 5.41) is 0.213. The Hall–Kier alpha value is -2.91. The quantitative estimate of drug-likeness (QED) is 0.408. The molecular formula is C23H26ClNO7. The third kappa shape index (κ3) is 6.08. The van der Waals surface area contributed by atoms with E-state index < -0.39 is 5.97 Å². The molecule has 0 spiro atoms. The Balaban J connectivity index is 0.00000181. The van der Waals surface area contributed by atoms with E-state index in [-0.39, 0.29) is 34.4 Å². The highest BCUT2D eigenvalue weighted by molar-refractivity contribution is 5.88. The largest absolute Gasteiger partial charge is 0.492 e. The highest BCUT2D eigenvalue weighted by Crippen LogP contribution is 2.32. The van der Waals surface area contributed by atoms with Gasteiger partial charge in [0.2, 0.25) is 0 Å². The lowest BCUT2D eigenvalue weighted by Gasteiger charge is -2.26. The van der Waals surface area contributed by atoms with Crippen LogP contribution in [0.4, 0.5) is 0 Å². The number of nitrogens with zero attached hydrogens (tertiary/aromatic N) is 1. The minimum atomic E-state index is -0.520. The van der Waals surface area contributed by atoms with Gasteiger partial charge < -0.3 is 24.1 Å². The molecule has 1 fully saturated rings. The molecule has 0 amide bonds. The first-order valence-electron chi connectivity index (χ1n) is 9.89. The van der Waals surface area contributed by atoms with Gasteiger partial charge in [0, 0.05) is 50.3 Å². The van der Waals surface area contributed by atoms with E-state index >= 15 is 0 Å². The Morgan fingerprint density at radius 1 is 1.09 bits per heavy atom. The molecule has 9 heteroatoms. The van der Waals surface area contributed by atoms with E-state index in [1.165, 1.54) is 13.0 Å². The van der Waals surface area contributed by atoms with Gasteiger partial charge >= 0.3 is 5.97 Å². The van der Waals surface area contributed by atoms with Gasteiger partial charge in [-0.2, -0.15) is 0 Å². The van der Waals surface area contributed by atoms with Gasteiger partial charge in [0.15, 0.2) is 5.43 Å². The lowest BCUT2D eigenvalue weighted by molar-refractivity contribution is -0.131. The van der Waals surface area contributed by atoms with Crippen molar-refractivity contribution >= 4 is 29.3 Å². The van der Waals surface area contributed by atoms with Crippen LogP contribution in [0.5, 0.6) is 11.5 Å². The van der Waals surface area contributed by atoms with Crippen LogP contribution in [0.2, 0.25) is 0 Å². The number of morpholine rings is 1. The van der Waals surface area contributed by atoms with E-state index in [0.717, 1.165) is 38.4 Å². The van der Waals surface area contributed by atoms with Crippen LogP contribution in [0.15, 0.2) is 57.7 Å². The summed E-state index contributed by atoms with van der Waals surface area (Å²) < 4.78 is 22.5. The first kappa shape index (κ1) is 25.4. The summed E-state index contributed by atoms with van der Waals surface area (Å²) in [7, 11) is 0. The third-order valence-corrected chi connectivity index (χ3v) is 4.86. The fraction of sp³-hybridized carbons (Fsp3) is 0.304. The molecule has 2 N–H and O–H groups in total. The van der Waals surface area contributed by atoms with Gasteiger partial charge in [0.1, 0.15) is 34.8 Å². The van der Waals surface area contributed by atoms with Crippen LogP contribution in [0.25, 0.3) is 22.3 Å². The van der Waals surface area contributed by atoms with Gasteiger partial charge in [0.05, 0.1) is 13.2 Å². The summed E-state index contributed by atoms with van der Waals surface area (Å²) >= 11 is 0. The normalized spacial score (nSPS) is 13.7. The maximum absolute atomic E-state index is 12.8. The average Bonchev–Trinajstić information content (AvgIpc) is 2.74. The van der Waals surface area contributed by atoms with Crippen LogP contribution in [0.1, 0.15) is 6.92 Å². The summed E-state index contributed by atoms with van der Waals surface area (Å²) in [6, 6.07) is 14.0. The smallest absolute Gasteiger partial charge is 0.308 e. The highest BCUT2D eigenvalue weighted by atomic mass is 35.5. The summed E-state index contributed by atoms with van der Waals surface area (Å²) in [4.78, 5) is 26.6. The SMILES string of the molecule is CC(=O)Oc1cc(OCCN2CCOCC2)cc2oc(-c3ccccc3)cc(=O)c12.Cl.O. The topological polar surface area (TPSA) is 110 Å². The van der Waals surface area contributed by atoms with Crippen LogP contribution in [0.3, 0.4) is 0 Å². The van der Waals surface area contributed by atoms with Crippen LogP contribution < -0.4 is 14.9 Å². The molecule has 0 saturated carbocycles. The Morgan fingerprint density at radius 2 is 1.81 bits per heavy atom. The maximum atomic E-state index is 12.8. The number of ether oxygens (including phenoxy) is 3. The molecule has 2 heterocycles. The molecule has 0 atom stereocenters. The highest BCUT2D eigenvalue weighted by Gasteiger charge is 2.16. The van der Waals surface area contributed by atoms with Crippen molar-refractivity contribution in [1.82, 2.24) is 4.90 Å². The number of hydrogen-bond donors (Lipinski definition) is 0. The number of esters is 1. The van der Waals surface area contributed by atoms with E-state index in [2.05, 4.69) is 4.90 Å². The van der Waals surface area contributed by atoms with Gasteiger partial charge in [-0.3, -0.25) is 14.5 Å². The Kier molecular flexibility index (Phi) is 9.22. The fourth-order valence-electron chi connectivity index (χ4n) is 3.41. The molecule has 0 radical (unpaired) electrons. The molecule has 0 aliphatic carbocycles. The van der Waals surface area contributed by atoms with Gasteiger partial charge in [-0.1, -0.05) is 30.3 Å². The zero-order valence-corrected chi connectivity index (χ0v) is 18.5. The number of hydrogen-bond acceptors (Lipinski definition) is 7. The molecule has 3 aromatic rings. The van der Waals surface area contributed by atoms with E-state index in [1.54, 1.807) is 12.1 Å². The summed E-state index contributed by atoms with van der Waals surface area (Å²) in [6.07, 6.45) is 0. The summed E-state index contributed by atoms with van der Waals surface area (Å²) in [6.45, 7) is 5.67. The van der Waals surface area contributed by atoms with Gasteiger partial charge in [-0.25, -0.2) is 0 Å². The standard InChI is InChI=1S/C23H23NO6.ClH.H2O/c1-16(25)29-21-13-18(28-12-9-24-7-10-27-11-8-24)14-22-23(21)19(26)15-20(30-22)17-5-3-2-4-6-17;;/h2-6,13-15H,7-12H2,1H3;1H;1H2. The summed E-state index contributed by atoms with van der Waals surface area (Å²) in [5.74, 6) is 0.524. The minimum Gasteiger partial charge on any atom is -0.492 e. The van der Waals surface area contributed by atoms with Crippen LogP contribution in [0, 0.1) is 0 Å². The predicted molar refractivity (Wildman–Crippen MR) is 123 cm³/mol. The van der Waals surface area contributed by atoms with Gasteiger partial charge in [0.25, 0.3) is 0 Å². The first-order chi connectivity index (χ1) is 14.6. The van der Waals surface area contributed by atoms with Crippen LogP contribution in [-0.4, -0.2) is 55.8 Å². The van der Waals surface area contributed by atoms with Crippen molar-refractivity contribution < 1.29 is 28.9 Å². The second-order valence-electron chi connectivity index (χ2n) is 7.03. The molecule has 1 aliphatic rings. The van der Waals surface area contributed by atoms with Crippen molar-refractivity contribution in [2.45, 2.75) is 6.92 Å². The molecule has 1 aliphatic heterocycles. The zero-order chi connectivity index (χ0) is 20.9. The van der Waals surface area contributed by atoms with Gasteiger partial charge in [-0.05, 0) is 0 Å². The Labute approximate surface area is 191 Å². The van der Waals surface area contributed by atoms with Crippen LogP contribution >= 0.6 is 12.4 Å². The minimum absolute atomic E-state index is 0. The van der Waals surface area contributed by atoms with E-state index in [1.807, 2.05) is 30.3 Å². The fourth-order valence-corrected chi connectivity index (χ4v) is 3.41. The van der Waals surface area contributed by atoms with Crippen molar-refractivity contribution in [3.05, 3.63) is 58.8 Å². The molecule has 8 nitrogen and oxygen atoms in total. The van der Waals surface area contributed by atoms with Gasteiger partial charge in [-0.15, -0.1) is 12.4 Å². The van der Waals surface area contributed by atoms with Crippen LogP contribution in [-0.2, 0) is 9.53 Å². The number of carbonyl (C=O) groups excluding carboxylic acids is 1. The third-order valence-electron chi connectivity index (χ3n) is 4.86. The lowest BCUT2D eigenvalue weighted by atomic mass is 10.1. The van der Waals surface area contributed by atoms with E-state index in [9.17, 15) is 9.59 Å². The first-order valence-corrected chi connectivity index (χ1v) is 9.89. The van der Waals surface area contributed by atoms with E-state index in [0.29, 0.717) is 23.7 Å². The number of fused-ring (bicyclic) bond motifs is 1. The molecule has 4 rings (SSSR count). The molecule has 32 heavy (non-hydrogen) atoms. The van der Waals surface area contributed by atoms with Crippen molar-refractivity contribution in [2.75, 3.05) is 39.5 Å². The molecule has 1 saturated heterocycles. The number of halogens is 1. The predicted octanol–water partition coefficient (Wildman–Crippen LogP) is 2.69. The monoisotopic (exact) mass is 463 g/mol. The molecular weight excluding hydrogens is 438 g/mol. The molecule has 0 unspecified atom stereocenters. The van der Waals surface area contributed by atoms with Crippen molar-refractivity contribution in [1.29, 1.82) is 0 Å². The molecule has 2 aromatic carbocycles. The maximum Gasteiger partial charge on any atom is 0.308 e. The second kappa shape index (κ2) is 11.6. The number of benzene rings is 2. The Bertz CT molecular complexity index is 1090.